The summed E-state index contributed by atoms with van der Waals surface area (Å²) < 4.78 is 0. The molecular formula is C13H8ClN3O. The van der Waals surface area contributed by atoms with Crippen molar-refractivity contribution in [2.45, 2.75) is 5.92 Å². The molecule has 0 spiro atoms. The Morgan fingerprint density at radius 3 is 2.89 bits per heavy atom. The van der Waals surface area contributed by atoms with E-state index in [2.05, 4.69) is 15.0 Å². The molecule has 1 aromatic heterocycles. The van der Waals surface area contributed by atoms with Gasteiger partial charge in [0.1, 0.15) is 6.33 Å². The van der Waals surface area contributed by atoms with Gasteiger partial charge in [-0.2, -0.15) is 4.99 Å². The SMILES string of the molecule is O=C1N=c2ncncc2=CC1c1ccccc1Cl. The molecule has 88 valence electrons. The Bertz CT molecular complexity index is 742. The maximum Gasteiger partial charge on any atom is 0.259 e. The molecule has 3 rings (SSSR count). The molecular weight excluding hydrogens is 250 g/mol. The molecule has 4 nitrogen and oxygen atoms in total. The van der Waals surface area contributed by atoms with Gasteiger partial charge in [-0.1, -0.05) is 35.9 Å². The van der Waals surface area contributed by atoms with E-state index >= 15 is 0 Å². The summed E-state index contributed by atoms with van der Waals surface area (Å²) in [7, 11) is 0. The second kappa shape index (κ2) is 4.31. The lowest BCUT2D eigenvalue weighted by molar-refractivity contribution is -0.118. The van der Waals surface area contributed by atoms with Crippen molar-refractivity contribution in [2.24, 2.45) is 4.99 Å². The normalized spacial score (nSPS) is 17.6. The van der Waals surface area contributed by atoms with Gasteiger partial charge in [0, 0.05) is 16.4 Å². The third-order valence-corrected chi connectivity index (χ3v) is 3.13. The van der Waals surface area contributed by atoms with Crippen LogP contribution < -0.4 is 10.7 Å². The minimum atomic E-state index is -0.461. The lowest BCUT2D eigenvalue weighted by Crippen LogP contribution is -2.35. The molecule has 0 saturated heterocycles. The van der Waals surface area contributed by atoms with Crippen LogP contribution >= 0.6 is 11.6 Å². The number of hydrogen-bond donors (Lipinski definition) is 0. The fourth-order valence-corrected chi connectivity index (χ4v) is 2.17. The Hall–Kier alpha value is -2.07. The summed E-state index contributed by atoms with van der Waals surface area (Å²) in [5, 5.41) is 1.31. The lowest BCUT2D eigenvalue weighted by Gasteiger charge is -2.13. The van der Waals surface area contributed by atoms with E-state index in [9.17, 15) is 4.79 Å². The molecule has 1 unspecified atom stereocenters. The summed E-state index contributed by atoms with van der Waals surface area (Å²) in [5.74, 6) is -0.716. The Kier molecular flexibility index (Phi) is 2.64. The highest BCUT2D eigenvalue weighted by Crippen LogP contribution is 2.27. The van der Waals surface area contributed by atoms with Crippen molar-refractivity contribution >= 4 is 23.6 Å². The molecule has 5 heteroatoms. The largest absolute Gasteiger partial charge is 0.271 e. The Labute approximate surface area is 108 Å². The third kappa shape index (κ3) is 1.80. The molecule has 1 amide bonds. The van der Waals surface area contributed by atoms with E-state index < -0.39 is 5.92 Å². The maximum atomic E-state index is 12.0. The van der Waals surface area contributed by atoms with E-state index in [1.807, 2.05) is 18.2 Å². The fraction of sp³-hybridized carbons (Fsp3) is 0.0769. The minimum Gasteiger partial charge on any atom is -0.271 e. The highest BCUT2D eigenvalue weighted by molar-refractivity contribution is 6.31. The van der Waals surface area contributed by atoms with Gasteiger partial charge in [-0.15, -0.1) is 0 Å². The van der Waals surface area contributed by atoms with Crippen LogP contribution in [-0.2, 0) is 4.79 Å². The zero-order valence-electron chi connectivity index (χ0n) is 9.25. The summed E-state index contributed by atoms with van der Waals surface area (Å²) in [6.07, 6.45) is 4.81. The number of nitrogens with zero attached hydrogens (tertiary/aromatic N) is 3. The summed E-state index contributed by atoms with van der Waals surface area (Å²) in [6, 6.07) is 7.26. The number of rotatable bonds is 1. The molecule has 0 N–H and O–H groups in total. The number of halogens is 1. The minimum absolute atomic E-state index is 0.255. The van der Waals surface area contributed by atoms with E-state index in [4.69, 9.17) is 11.6 Å². The molecule has 1 aromatic carbocycles. The van der Waals surface area contributed by atoms with Crippen LogP contribution in [0, 0.1) is 0 Å². The van der Waals surface area contributed by atoms with Gasteiger partial charge < -0.3 is 0 Å². The van der Waals surface area contributed by atoms with Crippen LogP contribution in [0.1, 0.15) is 11.5 Å². The smallest absolute Gasteiger partial charge is 0.259 e. The highest BCUT2D eigenvalue weighted by atomic mass is 35.5. The van der Waals surface area contributed by atoms with Gasteiger partial charge in [0.2, 0.25) is 0 Å². The highest BCUT2D eigenvalue weighted by Gasteiger charge is 2.22. The van der Waals surface area contributed by atoms with Crippen molar-refractivity contribution in [3.8, 4) is 0 Å². The molecule has 1 aliphatic rings. The van der Waals surface area contributed by atoms with Gasteiger partial charge in [-0.05, 0) is 11.6 Å². The van der Waals surface area contributed by atoms with Crippen molar-refractivity contribution in [1.82, 2.24) is 9.97 Å². The monoisotopic (exact) mass is 257 g/mol. The average Bonchev–Trinajstić information content (AvgIpc) is 2.39. The standard InChI is InChI=1S/C13H8ClN3O/c14-11-4-2-1-3-9(11)10-5-8-6-15-7-16-12(8)17-13(10)18/h1-7,10H. The number of amides is 1. The fourth-order valence-electron chi connectivity index (χ4n) is 1.92. The molecule has 1 atom stereocenters. The first-order valence-corrected chi connectivity index (χ1v) is 5.78. The van der Waals surface area contributed by atoms with Gasteiger partial charge in [-0.3, -0.25) is 4.79 Å². The van der Waals surface area contributed by atoms with Crippen LogP contribution in [0.4, 0.5) is 0 Å². The van der Waals surface area contributed by atoms with Gasteiger partial charge in [0.05, 0.1) is 5.92 Å². The van der Waals surface area contributed by atoms with E-state index in [0.717, 1.165) is 10.8 Å². The van der Waals surface area contributed by atoms with Crippen molar-refractivity contribution in [3.63, 3.8) is 0 Å². The van der Waals surface area contributed by atoms with E-state index in [1.54, 1.807) is 18.3 Å². The van der Waals surface area contributed by atoms with E-state index in [1.165, 1.54) is 6.33 Å². The summed E-state index contributed by atoms with van der Waals surface area (Å²) in [6.45, 7) is 0. The lowest BCUT2D eigenvalue weighted by atomic mass is 9.96. The van der Waals surface area contributed by atoms with Crippen LogP contribution in [-0.4, -0.2) is 15.9 Å². The molecule has 0 aliphatic carbocycles. The van der Waals surface area contributed by atoms with Gasteiger partial charge in [-0.25, -0.2) is 9.97 Å². The second-order valence-corrected chi connectivity index (χ2v) is 4.32. The van der Waals surface area contributed by atoms with Crippen LogP contribution in [0.2, 0.25) is 5.02 Å². The predicted molar refractivity (Wildman–Crippen MR) is 66.5 cm³/mol. The molecule has 1 aliphatic heterocycles. The number of carbonyl (C=O) groups is 1. The molecule has 0 fully saturated rings. The first kappa shape index (κ1) is 11.0. The first-order valence-electron chi connectivity index (χ1n) is 5.40. The quantitative estimate of drug-likeness (QED) is 0.761. The summed E-state index contributed by atoms with van der Waals surface area (Å²) >= 11 is 6.10. The molecule has 0 radical (unpaired) electrons. The summed E-state index contributed by atoms with van der Waals surface area (Å²) in [5.41, 5.74) is 1.17. The molecule has 2 heterocycles. The number of hydrogen-bond acceptors (Lipinski definition) is 3. The zero-order chi connectivity index (χ0) is 12.5. The number of carbonyl (C=O) groups excluding carboxylic acids is 1. The summed E-state index contributed by atoms with van der Waals surface area (Å²) in [4.78, 5) is 23.8. The van der Waals surface area contributed by atoms with Crippen LogP contribution in [0.5, 0.6) is 0 Å². The molecule has 0 saturated carbocycles. The van der Waals surface area contributed by atoms with Gasteiger partial charge in [0.25, 0.3) is 5.91 Å². The number of benzene rings is 1. The van der Waals surface area contributed by atoms with Crippen LogP contribution in [0.3, 0.4) is 0 Å². The maximum absolute atomic E-state index is 12.0. The number of aromatic nitrogens is 2. The van der Waals surface area contributed by atoms with Crippen molar-refractivity contribution < 1.29 is 4.79 Å². The molecule has 2 aromatic rings. The average molecular weight is 258 g/mol. The zero-order valence-corrected chi connectivity index (χ0v) is 10.0. The van der Waals surface area contributed by atoms with Gasteiger partial charge >= 0.3 is 0 Å². The molecule has 0 bridgehead atoms. The topological polar surface area (TPSA) is 55.2 Å². The second-order valence-electron chi connectivity index (χ2n) is 3.92. The Morgan fingerprint density at radius 1 is 1.22 bits per heavy atom. The third-order valence-electron chi connectivity index (χ3n) is 2.79. The Balaban J connectivity index is 2.20. The van der Waals surface area contributed by atoms with Crippen molar-refractivity contribution in [1.29, 1.82) is 0 Å². The van der Waals surface area contributed by atoms with Crippen LogP contribution in [0.25, 0.3) is 6.08 Å². The van der Waals surface area contributed by atoms with Crippen LogP contribution in [0.15, 0.2) is 41.8 Å². The molecule has 18 heavy (non-hydrogen) atoms. The van der Waals surface area contributed by atoms with E-state index in [-0.39, 0.29) is 5.91 Å². The predicted octanol–water partition coefficient (Wildman–Crippen LogP) is 0.854. The van der Waals surface area contributed by atoms with Crippen molar-refractivity contribution in [2.75, 3.05) is 0 Å². The van der Waals surface area contributed by atoms with Gasteiger partial charge in [0.15, 0.2) is 5.49 Å². The number of fused-ring (bicyclic) bond motifs is 1. The Morgan fingerprint density at radius 2 is 2.06 bits per heavy atom. The van der Waals surface area contributed by atoms with Crippen molar-refractivity contribution in [3.05, 3.63) is 58.1 Å². The first-order chi connectivity index (χ1) is 8.75. The van der Waals surface area contributed by atoms with E-state index in [0.29, 0.717) is 10.5 Å².